The summed E-state index contributed by atoms with van der Waals surface area (Å²) in [4.78, 5) is 4.19. The normalized spacial score (nSPS) is 11.2. The SMILES string of the molecule is CN=C(NCCCC(C)C)NCc1cccc(C#N)c1. The average Bonchev–Trinajstić information content (AvgIpc) is 2.46. The van der Waals surface area contributed by atoms with Gasteiger partial charge in [-0.2, -0.15) is 5.26 Å². The molecule has 4 heteroatoms. The average molecular weight is 272 g/mol. The highest BCUT2D eigenvalue weighted by Gasteiger charge is 2.00. The highest BCUT2D eigenvalue weighted by molar-refractivity contribution is 5.79. The molecule has 0 fully saturated rings. The number of nitrogens with one attached hydrogen (secondary N) is 2. The van der Waals surface area contributed by atoms with E-state index >= 15 is 0 Å². The topological polar surface area (TPSA) is 60.2 Å². The molecule has 0 atom stereocenters. The first-order valence-corrected chi connectivity index (χ1v) is 7.09. The first-order chi connectivity index (χ1) is 9.65. The van der Waals surface area contributed by atoms with E-state index in [0.29, 0.717) is 12.1 Å². The van der Waals surface area contributed by atoms with Crippen molar-refractivity contribution in [3.05, 3.63) is 35.4 Å². The summed E-state index contributed by atoms with van der Waals surface area (Å²) in [7, 11) is 1.77. The lowest BCUT2D eigenvalue weighted by molar-refractivity contribution is 0.549. The van der Waals surface area contributed by atoms with Crippen LogP contribution in [0.3, 0.4) is 0 Å². The second kappa shape index (κ2) is 8.98. The predicted molar refractivity (Wildman–Crippen MR) is 83.4 cm³/mol. The summed E-state index contributed by atoms with van der Waals surface area (Å²) >= 11 is 0. The Morgan fingerprint density at radius 2 is 2.15 bits per heavy atom. The number of guanidine groups is 1. The molecular formula is C16H24N4. The van der Waals surface area contributed by atoms with E-state index in [4.69, 9.17) is 5.26 Å². The fourth-order valence-electron chi connectivity index (χ4n) is 1.87. The Balaban J connectivity index is 2.36. The van der Waals surface area contributed by atoms with Crippen LogP contribution in [0.4, 0.5) is 0 Å². The molecule has 0 aliphatic rings. The summed E-state index contributed by atoms with van der Waals surface area (Å²) in [5, 5.41) is 15.4. The molecule has 0 bridgehead atoms. The van der Waals surface area contributed by atoms with Gasteiger partial charge in [0.05, 0.1) is 11.6 Å². The number of nitriles is 1. The van der Waals surface area contributed by atoms with Gasteiger partial charge in [0.25, 0.3) is 0 Å². The van der Waals surface area contributed by atoms with Crippen LogP contribution >= 0.6 is 0 Å². The Morgan fingerprint density at radius 1 is 1.35 bits per heavy atom. The molecule has 0 aliphatic heterocycles. The molecule has 0 saturated heterocycles. The number of benzene rings is 1. The zero-order chi connectivity index (χ0) is 14.8. The maximum Gasteiger partial charge on any atom is 0.191 e. The maximum absolute atomic E-state index is 8.87. The van der Waals surface area contributed by atoms with Crippen LogP contribution in [0.15, 0.2) is 29.3 Å². The van der Waals surface area contributed by atoms with Crippen molar-refractivity contribution >= 4 is 5.96 Å². The minimum absolute atomic E-state index is 0.666. The molecule has 0 aromatic heterocycles. The zero-order valence-corrected chi connectivity index (χ0v) is 12.6. The van der Waals surface area contributed by atoms with E-state index in [1.807, 2.05) is 24.3 Å². The van der Waals surface area contributed by atoms with Crippen LogP contribution in [0.5, 0.6) is 0 Å². The van der Waals surface area contributed by atoms with Crippen LogP contribution in [0.25, 0.3) is 0 Å². The molecule has 1 aromatic carbocycles. The summed E-state index contributed by atoms with van der Waals surface area (Å²) in [6.07, 6.45) is 2.36. The van der Waals surface area contributed by atoms with Crippen molar-refractivity contribution in [2.45, 2.75) is 33.2 Å². The van der Waals surface area contributed by atoms with Crippen molar-refractivity contribution in [1.29, 1.82) is 5.26 Å². The van der Waals surface area contributed by atoms with Gasteiger partial charge in [-0.15, -0.1) is 0 Å². The van der Waals surface area contributed by atoms with Crippen LogP contribution in [0, 0.1) is 17.2 Å². The van der Waals surface area contributed by atoms with Gasteiger partial charge in [0.1, 0.15) is 0 Å². The summed E-state index contributed by atoms with van der Waals surface area (Å²) in [5.41, 5.74) is 1.76. The summed E-state index contributed by atoms with van der Waals surface area (Å²) in [5.74, 6) is 1.54. The molecule has 20 heavy (non-hydrogen) atoms. The lowest BCUT2D eigenvalue weighted by atomic mass is 10.1. The van der Waals surface area contributed by atoms with E-state index in [1.165, 1.54) is 6.42 Å². The Morgan fingerprint density at radius 3 is 2.80 bits per heavy atom. The summed E-state index contributed by atoms with van der Waals surface area (Å²) in [6, 6.07) is 9.74. The monoisotopic (exact) mass is 272 g/mol. The summed E-state index contributed by atoms with van der Waals surface area (Å²) < 4.78 is 0. The van der Waals surface area contributed by atoms with E-state index in [2.05, 4.69) is 35.5 Å². The van der Waals surface area contributed by atoms with E-state index in [9.17, 15) is 0 Å². The van der Waals surface area contributed by atoms with Crippen molar-refractivity contribution in [3.8, 4) is 6.07 Å². The standard InChI is InChI=1S/C16H24N4/c1-13(2)6-5-9-19-16(18-3)20-12-15-8-4-7-14(10-15)11-17/h4,7-8,10,13H,5-6,9,12H2,1-3H3,(H2,18,19,20). The van der Waals surface area contributed by atoms with Gasteiger partial charge in [-0.25, -0.2) is 0 Å². The molecule has 0 radical (unpaired) electrons. The van der Waals surface area contributed by atoms with Crippen LogP contribution in [0.1, 0.15) is 37.8 Å². The lowest BCUT2D eigenvalue weighted by Gasteiger charge is -2.12. The zero-order valence-electron chi connectivity index (χ0n) is 12.6. The van der Waals surface area contributed by atoms with Crippen molar-refractivity contribution in [1.82, 2.24) is 10.6 Å². The molecule has 2 N–H and O–H groups in total. The fraction of sp³-hybridized carbons (Fsp3) is 0.500. The Kier molecular flexibility index (Phi) is 7.20. The number of nitrogens with zero attached hydrogens (tertiary/aromatic N) is 2. The Bertz CT molecular complexity index is 472. The third-order valence-corrected chi connectivity index (χ3v) is 2.99. The molecule has 0 heterocycles. The summed E-state index contributed by atoms with van der Waals surface area (Å²) in [6.45, 7) is 6.06. The van der Waals surface area contributed by atoms with Gasteiger partial charge in [0, 0.05) is 20.1 Å². The van der Waals surface area contributed by atoms with E-state index < -0.39 is 0 Å². The third-order valence-electron chi connectivity index (χ3n) is 2.99. The molecule has 0 saturated carbocycles. The third kappa shape index (κ3) is 6.24. The molecule has 4 nitrogen and oxygen atoms in total. The Labute approximate surface area is 121 Å². The van der Waals surface area contributed by atoms with Crippen molar-refractivity contribution < 1.29 is 0 Å². The van der Waals surface area contributed by atoms with Gasteiger partial charge >= 0.3 is 0 Å². The van der Waals surface area contributed by atoms with Gasteiger partial charge in [-0.1, -0.05) is 26.0 Å². The van der Waals surface area contributed by atoms with Gasteiger partial charge in [0.15, 0.2) is 5.96 Å². The second-order valence-electron chi connectivity index (χ2n) is 5.20. The lowest BCUT2D eigenvalue weighted by Crippen LogP contribution is -2.37. The largest absolute Gasteiger partial charge is 0.356 e. The minimum Gasteiger partial charge on any atom is -0.356 e. The van der Waals surface area contributed by atoms with Crippen LogP contribution < -0.4 is 10.6 Å². The fourth-order valence-corrected chi connectivity index (χ4v) is 1.87. The highest BCUT2D eigenvalue weighted by atomic mass is 15.2. The van der Waals surface area contributed by atoms with E-state index in [0.717, 1.165) is 30.4 Å². The number of rotatable bonds is 6. The van der Waals surface area contributed by atoms with Crippen LogP contribution in [0.2, 0.25) is 0 Å². The first-order valence-electron chi connectivity index (χ1n) is 7.09. The predicted octanol–water partition coefficient (Wildman–Crippen LogP) is 2.66. The maximum atomic E-state index is 8.87. The van der Waals surface area contributed by atoms with Crippen molar-refractivity contribution in [2.75, 3.05) is 13.6 Å². The molecule has 1 rings (SSSR count). The smallest absolute Gasteiger partial charge is 0.191 e. The van der Waals surface area contributed by atoms with Gasteiger partial charge < -0.3 is 10.6 Å². The number of hydrogen-bond acceptors (Lipinski definition) is 2. The van der Waals surface area contributed by atoms with Crippen molar-refractivity contribution in [3.63, 3.8) is 0 Å². The molecule has 0 aliphatic carbocycles. The van der Waals surface area contributed by atoms with Gasteiger partial charge in [-0.05, 0) is 36.5 Å². The Hall–Kier alpha value is -2.02. The van der Waals surface area contributed by atoms with Crippen LogP contribution in [-0.2, 0) is 6.54 Å². The molecule has 0 unspecified atom stereocenters. The minimum atomic E-state index is 0.666. The second-order valence-corrected chi connectivity index (χ2v) is 5.20. The van der Waals surface area contributed by atoms with E-state index in [-0.39, 0.29) is 0 Å². The number of hydrogen-bond donors (Lipinski definition) is 2. The first kappa shape index (κ1) is 16.0. The number of aliphatic imine (C=N–C) groups is 1. The highest BCUT2D eigenvalue weighted by Crippen LogP contribution is 2.04. The van der Waals surface area contributed by atoms with Gasteiger partial charge in [-0.3, -0.25) is 4.99 Å². The van der Waals surface area contributed by atoms with Gasteiger partial charge in [0.2, 0.25) is 0 Å². The van der Waals surface area contributed by atoms with Crippen molar-refractivity contribution in [2.24, 2.45) is 10.9 Å². The molecule has 1 aromatic rings. The van der Waals surface area contributed by atoms with Crippen LogP contribution in [-0.4, -0.2) is 19.6 Å². The van der Waals surface area contributed by atoms with E-state index in [1.54, 1.807) is 7.05 Å². The quantitative estimate of drug-likeness (QED) is 0.475. The molecule has 0 spiro atoms. The molecule has 0 amide bonds. The molecule has 108 valence electrons. The molecular weight excluding hydrogens is 248 g/mol.